The highest BCUT2D eigenvalue weighted by molar-refractivity contribution is 7.13. The van der Waals surface area contributed by atoms with Crippen LogP contribution in [0.3, 0.4) is 0 Å². The molecule has 9 heteroatoms. The first-order valence-corrected chi connectivity index (χ1v) is 12.4. The number of anilines is 1. The fourth-order valence-corrected chi connectivity index (χ4v) is 4.64. The summed E-state index contributed by atoms with van der Waals surface area (Å²) >= 11 is 1.31. The number of aromatic amines is 1. The Labute approximate surface area is 215 Å². The van der Waals surface area contributed by atoms with E-state index >= 15 is 0 Å². The van der Waals surface area contributed by atoms with E-state index in [0.717, 1.165) is 10.8 Å². The normalized spacial score (nSPS) is 11.9. The van der Waals surface area contributed by atoms with Crippen LogP contribution in [0.25, 0.3) is 33.3 Å². The minimum Gasteiger partial charge on any atom is -0.337 e. The van der Waals surface area contributed by atoms with Gasteiger partial charge in [-0.05, 0) is 35.2 Å². The third-order valence-corrected chi connectivity index (χ3v) is 6.64. The molecule has 3 N–H and O–H groups in total. The number of carbonyl (C=O) groups is 2. The van der Waals surface area contributed by atoms with Crippen molar-refractivity contribution in [2.24, 2.45) is 0 Å². The SMILES string of the molecule is O=C(NC(C(=O)Nc1nccs1)c1ccccc1)c1ccc2nc(-c3cc4ccccc4cn3)[nH]c2c1. The second-order valence-electron chi connectivity index (χ2n) is 8.38. The number of fused-ring (bicyclic) bond motifs is 2. The lowest BCUT2D eigenvalue weighted by atomic mass is 10.1. The second-order valence-corrected chi connectivity index (χ2v) is 9.27. The van der Waals surface area contributed by atoms with Gasteiger partial charge in [0.05, 0.1) is 11.0 Å². The maximum Gasteiger partial charge on any atom is 0.253 e. The van der Waals surface area contributed by atoms with Gasteiger partial charge >= 0.3 is 0 Å². The number of hydrogen-bond donors (Lipinski definition) is 3. The van der Waals surface area contributed by atoms with E-state index in [9.17, 15) is 9.59 Å². The summed E-state index contributed by atoms with van der Waals surface area (Å²) in [7, 11) is 0. The van der Waals surface area contributed by atoms with Gasteiger partial charge in [0.25, 0.3) is 11.8 Å². The number of pyridine rings is 1. The third kappa shape index (κ3) is 4.67. The number of rotatable bonds is 6. The van der Waals surface area contributed by atoms with Gasteiger partial charge in [0, 0.05) is 28.7 Å². The summed E-state index contributed by atoms with van der Waals surface area (Å²) in [6.45, 7) is 0. The Morgan fingerprint density at radius 2 is 1.70 bits per heavy atom. The first-order chi connectivity index (χ1) is 18.1. The van der Waals surface area contributed by atoms with Crippen molar-refractivity contribution in [3.05, 3.63) is 108 Å². The molecule has 180 valence electrons. The number of amides is 2. The van der Waals surface area contributed by atoms with Crippen molar-refractivity contribution in [1.82, 2.24) is 25.3 Å². The maximum absolute atomic E-state index is 13.3. The van der Waals surface area contributed by atoms with Crippen molar-refractivity contribution >= 4 is 50.1 Å². The van der Waals surface area contributed by atoms with Crippen LogP contribution >= 0.6 is 11.3 Å². The monoisotopic (exact) mass is 504 g/mol. The molecule has 0 aliphatic carbocycles. The van der Waals surface area contributed by atoms with Gasteiger partial charge < -0.3 is 10.3 Å². The molecular formula is C28H20N6O2S. The highest BCUT2D eigenvalue weighted by atomic mass is 32.1. The van der Waals surface area contributed by atoms with Crippen LogP contribution in [-0.2, 0) is 4.79 Å². The molecule has 0 fully saturated rings. The number of nitrogens with zero attached hydrogens (tertiary/aromatic N) is 3. The highest BCUT2D eigenvalue weighted by Gasteiger charge is 2.24. The fraction of sp³-hybridized carbons (Fsp3) is 0.0357. The molecule has 6 aromatic rings. The van der Waals surface area contributed by atoms with E-state index in [0.29, 0.717) is 38.8 Å². The van der Waals surface area contributed by atoms with Gasteiger partial charge in [-0.2, -0.15) is 0 Å². The van der Waals surface area contributed by atoms with Gasteiger partial charge in [0.1, 0.15) is 11.7 Å². The molecule has 8 nitrogen and oxygen atoms in total. The number of imidazole rings is 1. The van der Waals surface area contributed by atoms with Crippen LogP contribution in [0.4, 0.5) is 5.13 Å². The number of hydrogen-bond acceptors (Lipinski definition) is 6. The van der Waals surface area contributed by atoms with Crippen molar-refractivity contribution in [3.8, 4) is 11.5 Å². The average Bonchev–Trinajstić information content (AvgIpc) is 3.61. The predicted octanol–water partition coefficient (Wildman–Crippen LogP) is 5.34. The summed E-state index contributed by atoms with van der Waals surface area (Å²) in [5.41, 5.74) is 3.18. The van der Waals surface area contributed by atoms with Gasteiger partial charge in [-0.15, -0.1) is 11.3 Å². The minimum atomic E-state index is -0.896. The Hall–Kier alpha value is -4.89. The standard InChI is InChI=1S/C28H20N6O2S/c35-26(33-24(17-6-2-1-3-7-17)27(36)34-28-29-12-13-37-28)19-10-11-21-22(15-19)32-25(31-21)23-14-18-8-4-5-9-20(18)16-30-23/h1-16,24H,(H,31,32)(H,33,35)(H,29,34,36). The third-order valence-electron chi connectivity index (χ3n) is 5.95. The van der Waals surface area contributed by atoms with Crippen molar-refractivity contribution in [2.75, 3.05) is 5.32 Å². The topological polar surface area (TPSA) is 113 Å². The zero-order valence-corrected chi connectivity index (χ0v) is 20.2. The van der Waals surface area contributed by atoms with Crippen molar-refractivity contribution in [3.63, 3.8) is 0 Å². The quantitative estimate of drug-likeness (QED) is 0.283. The van der Waals surface area contributed by atoms with Gasteiger partial charge in [0.2, 0.25) is 0 Å². The van der Waals surface area contributed by atoms with E-state index in [2.05, 4.69) is 30.6 Å². The molecule has 0 saturated heterocycles. The lowest BCUT2D eigenvalue weighted by Gasteiger charge is -2.18. The molecule has 1 atom stereocenters. The number of thiazole rings is 1. The molecule has 3 aromatic carbocycles. The number of aromatic nitrogens is 4. The van der Waals surface area contributed by atoms with E-state index in [1.807, 2.05) is 54.7 Å². The van der Waals surface area contributed by atoms with Gasteiger partial charge in [-0.3, -0.25) is 19.9 Å². The molecule has 0 saturated carbocycles. The number of H-pyrrole nitrogens is 1. The molecule has 0 aliphatic heterocycles. The zero-order valence-electron chi connectivity index (χ0n) is 19.4. The van der Waals surface area contributed by atoms with E-state index in [4.69, 9.17) is 0 Å². The van der Waals surface area contributed by atoms with Crippen molar-refractivity contribution in [2.45, 2.75) is 6.04 Å². The Kier molecular flexibility index (Phi) is 5.88. The molecule has 0 aliphatic rings. The largest absolute Gasteiger partial charge is 0.337 e. The van der Waals surface area contributed by atoms with E-state index in [1.165, 1.54) is 11.3 Å². The molecule has 0 spiro atoms. The van der Waals surface area contributed by atoms with Crippen LogP contribution in [0, 0.1) is 0 Å². The summed E-state index contributed by atoms with van der Waals surface area (Å²) in [5, 5.41) is 9.99. The van der Waals surface area contributed by atoms with Crippen LogP contribution < -0.4 is 10.6 Å². The van der Waals surface area contributed by atoms with E-state index in [-0.39, 0.29) is 11.8 Å². The maximum atomic E-state index is 13.3. The average molecular weight is 505 g/mol. The summed E-state index contributed by atoms with van der Waals surface area (Å²) in [6.07, 6.45) is 3.43. The summed E-state index contributed by atoms with van der Waals surface area (Å²) in [5.74, 6) is -0.143. The lowest BCUT2D eigenvalue weighted by molar-refractivity contribution is -0.118. The lowest BCUT2D eigenvalue weighted by Crippen LogP contribution is -2.37. The van der Waals surface area contributed by atoms with Crippen molar-refractivity contribution in [1.29, 1.82) is 0 Å². The molecule has 1 unspecified atom stereocenters. The van der Waals surface area contributed by atoms with Gasteiger partial charge in [-0.1, -0.05) is 54.6 Å². The van der Waals surface area contributed by atoms with E-state index < -0.39 is 6.04 Å². The highest BCUT2D eigenvalue weighted by Crippen LogP contribution is 2.24. The Balaban J connectivity index is 1.27. The van der Waals surface area contributed by atoms with Gasteiger partial charge in [-0.25, -0.2) is 9.97 Å². The molecule has 0 radical (unpaired) electrons. The van der Waals surface area contributed by atoms with Crippen molar-refractivity contribution < 1.29 is 9.59 Å². The van der Waals surface area contributed by atoms with E-state index in [1.54, 1.807) is 41.9 Å². The molecular weight excluding hydrogens is 484 g/mol. The summed E-state index contributed by atoms with van der Waals surface area (Å²) in [4.78, 5) is 42.9. The summed E-state index contributed by atoms with van der Waals surface area (Å²) in [6, 6.07) is 23.4. The van der Waals surface area contributed by atoms with Crippen LogP contribution in [0.15, 0.2) is 96.6 Å². The van der Waals surface area contributed by atoms with Crippen LogP contribution in [0.1, 0.15) is 22.0 Å². The number of nitrogens with one attached hydrogen (secondary N) is 3. The first-order valence-electron chi connectivity index (χ1n) is 11.6. The molecule has 6 rings (SSSR count). The van der Waals surface area contributed by atoms with Crippen LogP contribution in [0.5, 0.6) is 0 Å². The molecule has 37 heavy (non-hydrogen) atoms. The Morgan fingerprint density at radius 1 is 0.892 bits per heavy atom. The smallest absolute Gasteiger partial charge is 0.253 e. The molecule has 3 aromatic heterocycles. The predicted molar refractivity (Wildman–Crippen MR) is 144 cm³/mol. The molecule has 0 bridgehead atoms. The Bertz CT molecular complexity index is 1730. The first kappa shape index (κ1) is 22.6. The minimum absolute atomic E-state index is 0.373. The Morgan fingerprint density at radius 3 is 2.51 bits per heavy atom. The zero-order chi connectivity index (χ0) is 25.2. The fourth-order valence-electron chi connectivity index (χ4n) is 4.11. The number of carbonyl (C=O) groups excluding carboxylic acids is 2. The summed E-state index contributed by atoms with van der Waals surface area (Å²) < 4.78 is 0. The molecule has 2 amide bonds. The molecule has 3 heterocycles. The van der Waals surface area contributed by atoms with Crippen LogP contribution in [-0.4, -0.2) is 31.8 Å². The van der Waals surface area contributed by atoms with Gasteiger partial charge in [0.15, 0.2) is 11.0 Å². The number of benzene rings is 3. The van der Waals surface area contributed by atoms with Crippen LogP contribution in [0.2, 0.25) is 0 Å². The second kappa shape index (κ2) is 9.63.